The maximum atomic E-state index is 13.6. The van der Waals surface area contributed by atoms with E-state index in [4.69, 9.17) is 11.6 Å². The zero-order chi connectivity index (χ0) is 14.0. The lowest BCUT2D eigenvalue weighted by Gasteiger charge is -2.06. The molecule has 0 spiro atoms. The van der Waals surface area contributed by atoms with E-state index in [0.717, 1.165) is 4.47 Å². The van der Waals surface area contributed by atoms with Crippen LogP contribution >= 0.6 is 43.5 Å². The predicted molar refractivity (Wildman–Crippen MR) is 81.3 cm³/mol. The lowest BCUT2D eigenvalue weighted by molar-refractivity contribution is 0.0991. The summed E-state index contributed by atoms with van der Waals surface area (Å²) in [7, 11) is 0. The van der Waals surface area contributed by atoms with Crippen LogP contribution in [0.15, 0.2) is 45.3 Å². The Bertz CT molecular complexity index is 643. The third-order valence-electron chi connectivity index (χ3n) is 2.59. The molecule has 2 rings (SSSR count). The van der Waals surface area contributed by atoms with Crippen molar-refractivity contribution >= 4 is 49.2 Å². The third-order valence-corrected chi connectivity index (χ3v) is 4.01. The van der Waals surface area contributed by atoms with Gasteiger partial charge in [0.05, 0.1) is 0 Å². The van der Waals surface area contributed by atoms with Crippen LogP contribution in [0.2, 0.25) is 5.02 Å². The molecular formula is C14H8Br2ClFO. The molecule has 0 amide bonds. The molecule has 2 aromatic rings. The van der Waals surface area contributed by atoms with Crippen LogP contribution in [0.1, 0.15) is 15.9 Å². The second-order valence-corrected chi connectivity index (χ2v) is 6.17. The van der Waals surface area contributed by atoms with Gasteiger partial charge in [0.25, 0.3) is 0 Å². The Labute approximate surface area is 132 Å². The average molecular weight is 406 g/mol. The summed E-state index contributed by atoms with van der Waals surface area (Å²) in [5.74, 6) is -0.599. The van der Waals surface area contributed by atoms with Gasteiger partial charge in [0.2, 0.25) is 0 Å². The maximum Gasteiger partial charge on any atom is 0.168 e. The standard InChI is InChI=1S/C14H8Br2ClFO/c15-9-1-3-12(16)11(7-9)14(19)6-8-5-10(17)2-4-13(8)18/h1-5,7H,6H2. The van der Waals surface area contributed by atoms with Crippen molar-refractivity contribution in [3.8, 4) is 0 Å². The SMILES string of the molecule is O=C(Cc1cc(Cl)ccc1F)c1cc(Br)ccc1Br. The molecule has 0 radical (unpaired) electrons. The minimum Gasteiger partial charge on any atom is -0.294 e. The van der Waals surface area contributed by atoms with Gasteiger partial charge in [-0.05, 0) is 42.0 Å². The van der Waals surface area contributed by atoms with Gasteiger partial charge >= 0.3 is 0 Å². The first-order valence-electron chi connectivity index (χ1n) is 5.39. The first kappa shape index (κ1) is 14.7. The largest absolute Gasteiger partial charge is 0.294 e. The Balaban J connectivity index is 2.30. The summed E-state index contributed by atoms with van der Waals surface area (Å²) in [4.78, 5) is 12.2. The third kappa shape index (κ3) is 3.65. The Kier molecular flexibility index (Phi) is 4.76. The Morgan fingerprint density at radius 3 is 2.63 bits per heavy atom. The summed E-state index contributed by atoms with van der Waals surface area (Å²) in [6.45, 7) is 0. The van der Waals surface area contributed by atoms with Crippen molar-refractivity contribution in [2.45, 2.75) is 6.42 Å². The lowest BCUT2D eigenvalue weighted by atomic mass is 10.0. The van der Waals surface area contributed by atoms with Crippen LogP contribution in [0.5, 0.6) is 0 Å². The van der Waals surface area contributed by atoms with Gasteiger partial charge in [0.15, 0.2) is 5.78 Å². The Morgan fingerprint density at radius 1 is 1.16 bits per heavy atom. The molecule has 98 valence electrons. The highest BCUT2D eigenvalue weighted by molar-refractivity contribution is 9.11. The Hall–Kier alpha value is -0.710. The van der Waals surface area contributed by atoms with Crippen molar-refractivity contribution in [3.63, 3.8) is 0 Å². The molecule has 0 fully saturated rings. The van der Waals surface area contributed by atoms with Gasteiger partial charge in [0, 0.05) is 26.0 Å². The van der Waals surface area contributed by atoms with Gasteiger partial charge in [-0.15, -0.1) is 0 Å². The number of carbonyl (C=O) groups is 1. The molecule has 0 saturated heterocycles. The molecular weight excluding hydrogens is 398 g/mol. The van der Waals surface area contributed by atoms with E-state index in [1.54, 1.807) is 12.1 Å². The number of Topliss-reactive ketones (excluding diaryl/α,β-unsaturated/α-hetero) is 1. The predicted octanol–water partition coefficient (Wildman–Crippen LogP) is 5.43. The quantitative estimate of drug-likeness (QED) is 0.621. The summed E-state index contributed by atoms with van der Waals surface area (Å²) in [5.41, 5.74) is 0.804. The van der Waals surface area contributed by atoms with E-state index < -0.39 is 5.82 Å². The fourth-order valence-corrected chi connectivity index (χ4v) is 2.68. The average Bonchev–Trinajstić information content (AvgIpc) is 2.36. The minimum atomic E-state index is -0.427. The molecule has 0 aliphatic heterocycles. The molecule has 5 heteroatoms. The van der Waals surface area contributed by atoms with Crippen LogP contribution in [0.25, 0.3) is 0 Å². The molecule has 0 heterocycles. The highest BCUT2D eigenvalue weighted by Crippen LogP contribution is 2.24. The van der Waals surface area contributed by atoms with Crippen LogP contribution < -0.4 is 0 Å². The van der Waals surface area contributed by atoms with Crippen molar-refractivity contribution in [1.82, 2.24) is 0 Å². The number of halogens is 4. The normalized spacial score (nSPS) is 10.5. The van der Waals surface area contributed by atoms with E-state index in [1.165, 1.54) is 18.2 Å². The molecule has 19 heavy (non-hydrogen) atoms. The van der Waals surface area contributed by atoms with Crippen molar-refractivity contribution < 1.29 is 9.18 Å². The van der Waals surface area contributed by atoms with Crippen LogP contribution in [0, 0.1) is 5.82 Å². The number of carbonyl (C=O) groups excluding carboxylic acids is 1. The van der Waals surface area contributed by atoms with Gasteiger partial charge < -0.3 is 0 Å². The number of ketones is 1. The first-order chi connectivity index (χ1) is 8.97. The van der Waals surface area contributed by atoms with Gasteiger partial charge in [0.1, 0.15) is 5.82 Å². The topological polar surface area (TPSA) is 17.1 Å². The monoisotopic (exact) mass is 404 g/mol. The van der Waals surface area contributed by atoms with Crippen LogP contribution in [-0.2, 0) is 6.42 Å². The summed E-state index contributed by atoms with van der Waals surface area (Å²) in [6.07, 6.45) is -0.0263. The van der Waals surface area contributed by atoms with E-state index in [2.05, 4.69) is 31.9 Å². The van der Waals surface area contributed by atoms with Crippen LogP contribution in [0.4, 0.5) is 4.39 Å². The molecule has 0 N–H and O–H groups in total. The van der Waals surface area contributed by atoms with Crippen molar-refractivity contribution in [2.75, 3.05) is 0 Å². The summed E-state index contributed by atoms with van der Waals surface area (Å²) in [5, 5.41) is 0.414. The van der Waals surface area contributed by atoms with E-state index in [-0.39, 0.29) is 12.2 Å². The van der Waals surface area contributed by atoms with Crippen LogP contribution in [0.3, 0.4) is 0 Å². The molecule has 0 aliphatic rings. The molecule has 2 aromatic carbocycles. The molecule has 0 aliphatic carbocycles. The summed E-state index contributed by atoms with van der Waals surface area (Å²) < 4.78 is 15.1. The highest BCUT2D eigenvalue weighted by atomic mass is 79.9. The molecule has 0 saturated carbocycles. The molecule has 0 aromatic heterocycles. The van der Waals surface area contributed by atoms with Gasteiger partial charge in [-0.2, -0.15) is 0 Å². The highest BCUT2D eigenvalue weighted by Gasteiger charge is 2.14. The number of benzene rings is 2. The van der Waals surface area contributed by atoms with E-state index in [1.807, 2.05) is 6.07 Å². The van der Waals surface area contributed by atoms with Crippen molar-refractivity contribution in [1.29, 1.82) is 0 Å². The summed E-state index contributed by atoms with van der Waals surface area (Å²) >= 11 is 12.4. The minimum absolute atomic E-state index is 0.0263. The molecule has 0 bridgehead atoms. The number of hydrogen-bond donors (Lipinski definition) is 0. The second-order valence-electron chi connectivity index (χ2n) is 3.96. The molecule has 0 atom stereocenters. The first-order valence-corrected chi connectivity index (χ1v) is 7.36. The molecule has 0 unspecified atom stereocenters. The molecule has 1 nitrogen and oxygen atoms in total. The van der Waals surface area contributed by atoms with E-state index in [0.29, 0.717) is 20.6 Å². The maximum absolute atomic E-state index is 13.6. The fourth-order valence-electron chi connectivity index (χ4n) is 1.66. The zero-order valence-electron chi connectivity index (χ0n) is 9.59. The number of hydrogen-bond acceptors (Lipinski definition) is 1. The van der Waals surface area contributed by atoms with Crippen LogP contribution in [-0.4, -0.2) is 5.78 Å². The summed E-state index contributed by atoms with van der Waals surface area (Å²) in [6, 6.07) is 9.49. The zero-order valence-corrected chi connectivity index (χ0v) is 13.5. The fraction of sp³-hybridized carbons (Fsp3) is 0.0714. The smallest absolute Gasteiger partial charge is 0.168 e. The van der Waals surface area contributed by atoms with Crippen molar-refractivity contribution in [2.24, 2.45) is 0 Å². The van der Waals surface area contributed by atoms with Gasteiger partial charge in [-0.1, -0.05) is 43.5 Å². The second kappa shape index (κ2) is 6.16. The Morgan fingerprint density at radius 2 is 1.89 bits per heavy atom. The van der Waals surface area contributed by atoms with Crippen molar-refractivity contribution in [3.05, 3.63) is 67.3 Å². The van der Waals surface area contributed by atoms with E-state index in [9.17, 15) is 9.18 Å². The van der Waals surface area contributed by atoms with Gasteiger partial charge in [-0.3, -0.25) is 4.79 Å². The van der Waals surface area contributed by atoms with Gasteiger partial charge in [-0.25, -0.2) is 4.39 Å². The van der Waals surface area contributed by atoms with E-state index >= 15 is 0 Å². The number of rotatable bonds is 3. The lowest BCUT2D eigenvalue weighted by Crippen LogP contribution is -2.06.